The zero-order valence-corrected chi connectivity index (χ0v) is 44.6. The third kappa shape index (κ3) is 20.2. The number of rotatable bonds is 9. The molecule has 1 N–H and O–H groups in total. The number of carbonyl (C=O) groups is 4. The third-order valence-corrected chi connectivity index (χ3v) is 12.9. The highest BCUT2D eigenvalue weighted by Crippen LogP contribution is 2.28. The molecule has 0 bridgehead atoms. The second-order valence-corrected chi connectivity index (χ2v) is 21.7. The van der Waals surface area contributed by atoms with Gasteiger partial charge in [-0.05, 0) is 127 Å². The van der Waals surface area contributed by atoms with Crippen molar-refractivity contribution in [2.45, 2.75) is 128 Å². The van der Waals surface area contributed by atoms with E-state index in [2.05, 4.69) is 34.1 Å². The van der Waals surface area contributed by atoms with Gasteiger partial charge in [-0.1, -0.05) is 47.5 Å². The number of hydrogen-bond donors (Lipinski definition) is 1. The maximum Gasteiger partial charge on any atom is 0.410 e. The molecule has 0 unspecified atom stereocenters. The first-order valence-electron chi connectivity index (χ1n) is 23.9. The lowest BCUT2D eigenvalue weighted by Crippen LogP contribution is -2.58. The van der Waals surface area contributed by atoms with Gasteiger partial charge in [0.1, 0.15) is 23.9 Å². The second kappa shape index (κ2) is 27.3. The number of amides is 4. The molecule has 69 heavy (non-hydrogen) atoms. The van der Waals surface area contributed by atoms with Gasteiger partial charge in [0.15, 0.2) is 0 Å². The number of likely N-dealkylation sites (tertiary alicyclic amines) is 2. The number of ether oxygens (including phenoxy) is 5. The summed E-state index contributed by atoms with van der Waals surface area (Å²) in [5, 5.41) is 10.6. The van der Waals surface area contributed by atoms with Gasteiger partial charge in [-0.25, -0.2) is 14.4 Å². The molecular weight excluding hydrogens is 951 g/mol. The minimum absolute atomic E-state index is 0.0287. The number of nitrogens with zero attached hydrogens (tertiary/aromatic N) is 6. The molecule has 2 aromatic carbocycles. The fourth-order valence-electron chi connectivity index (χ4n) is 8.51. The standard InChI is InChI=1S/C25H38ClN3O5.C22H33ClN2O4.C3H6ClNO/c1-25(2,3)34-24(31)28-12-10-20(11-13-28)29-15-22(17-33-23(30)27(4)5)32-16-21(29)14-18-6-8-19(26)9-7-18;1-22(2,3)29-21(27)24-10-8-18(9-11-24)25-13-20(14-26)28-15-19(25)12-16-4-6-17(23)7-5-16;1-5(2)3(4)6/h6-9,20-22H,10-17H2,1-5H3;4-7,18-20,26H,8-15H2,1-3H3;1-2H3/t21-,22+;19-,20+;/m00./s1. The number of piperidine rings is 2. The average Bonchev–Trinajstić information content (AvgIpc) is 3.29. The van der Waals surface area contributed by atoms with Crippen LogP contribution in [0, 0.1) is 0 Å². The van der Waals surface area contributed by atoms with E-state index < -0.39 is 16.6 Å². The molecule has 19 heteroatoms. The molecule has 4 amide bonds. The smallest absolute Gasteiger partial charge is 0.410 e. The van der Waals surface area contributed by atoms with Gasteiger partial charge in [0.2, 0.25) is 0 Å². The van der Waals surface area contributed by atoms with Crippen LogP contribution in [0.15, 0.2) is 48.5 Å². The molecule has 4 aliphatic rings. The molecule has 6 rings (SSSR count). The van der Waals surface area contributed by atoms with Gasteiger partial charge in [0, 0.05) is 102 Å². The molecule has 4 heterocycles. The van der Waals surface area contributed by atoms with E-state index in [-0.39, 0.29) is 55.8 Å². The first kappa shape index (κ1) is 58.0. The summed E-state index contributed by atoms with van der Waals surface area (Å²) in [6, 6.07) is 17.0. The molecule has 0 saturated carbocycles. The molecule has 0 aromatic heterocycles. The summed E-state index contributed by atoms with van der Waals surface area (Å²) >= 11 is 17.0. The van der Waals surface area contributed by atoms with Crippen LogP contribution >= 0.6 is 34.8 Å². The van der Waals surface area contributed by atoms with Crippen molar-refractivity contribution in [3.05, 3.63) is 69.7 Å². The Balaban J connectivity index is 0.000000271. The van der Waals surface area contributed by atoms with Crippen LogP contribution in [0.5, 0.6) is 0 Å². The van der Waals surface area contributed by atoms with Crippen molar-refractivity contribution in [3.8, 4) is 0 Å². The van der Waals surface area contributed by atoms with Crippen LogP contribution in [0.1, 0.15) is 78.4 Å². The number of aliphatic hydroxyl groups is 1. The van der Waals surface area contributed by atoms with E-state index in [0.717, 1.165) is 48.6 Å². The molecule has 0 spiro atoms. The maximum absolute atomic E-state index is 12.5. The van der Waals surface area contributed by atoms with Crippen LogP contribution in [0.3, 0.4) is 0 Å². The van der Waals surface area contributed by atoms with E-state index in [0.29, 0.717) is 64.6 Å². The van der Waals surface area contributed by atoms with Crippen molar-refractivity contribution < 1.29 is 48.0 Å². The molecule has 4 atom stereocenters. The van der Waals surface area contributed by atoms with Crippen molar-refractivity contribution >= 4 is 58.4 Å². The van der Waals surface area contributed by atoms with Crippen molar-refractivity contribution in [3.63, 3.8) is 0 Å². The minimum atomic E-state index is -0.501. The lowest BCUT2D eigenvalue weighted by atomic mass is 9.96. The van der Waals surface area contributed by atoms with Crippen LogP contribution in [0.25, 0.3) is 0 Å². The van der Waals surface area contributed by atoms with E-state index in [1.54, 1.807) is 38.0 Å². The van der Waals surface area contributed by atoms with Crippen molar-refractivity contribution in [1.82, 2.24) is 29.4 Å². The lowest BCUT2D eigenvalue weighted by Gasteiger charge is -2.46. The average molecular weight is 1030 g/mol. The summed E-state index contributed by atoms with van der Waals surface area (Å²) in [5.41, 5.74) is 1.45. The van der Waals surface area contributed by atoms with E-state index in [1.807, 2.05) is 65.8 Å². The van der Waals surface area contributed by atoms with E-state index in [9.17, 15) is 24.3 Å². The summed E-state index contributed by atoms with van der Waals surface area (Å²) in [6.07, 6.45) is 4.04. The Morgan fingerprint density at radius 3 is 1.33 bits per heavy atom. The Kier molecular flexibility index (Phi) is 22.9. The molecule has 2 aromatic rings. The number of morpholine rings is 2. The topological polar surface area (TPSA) is 154 Å². The predicted molar refractivity (Wildman–Crippen MR) is 269 cm³/mol. The summed E-state index contributed by atoms with van der Waals surface area (Å²) in [4.78, 5) is 57.8. The van der Waals surface area contributed by atoms with Crippen LogP contribution in [0.4, 0.5) is 19.2 Å². The minimum Gasteiger partial charge on any atom is -0.447 e. The molecule has 4 fully saturated rings. The number of carbonyl (C=O) groups excluding carboxylic acids is 4. The molecule has 0 radical (unpaired) electrons. The highest BCUT2D eigenvalue weighted by Gasteiger charge is 2.39. The Morgan fingerprint density at radius 2 is 1.00 bits per heavy atom. The van der Waals surface area contributed by atoms with Gasteiger partial charge < -0.3 is 48.4 Å². The lowest BCUT2D eigenvalue weighted by molar-refractivity contribution is -0.104. The Bertz CT molecular complexity index is 1900. The Hall–Kier alpha value is -3.61. The highest BCUT2D eigenvalue weighted by molar-refractivity contribution is 6.62. The Labute approximate surface area is 425 Å². The maximum atomic E-state index is 12.5. The van der Waals surface area contributed by atoms with Crippen molar-refractivity contribution in [2.24, 2.45) is 0 Å². The van der Waals surface area contributed by atoms with Gasteiger partial charge in [-0.15, -0.1) is 0 Å². The summed E-state index contributed by atoms with van der Waals surface area (Å²) in [7, 11) is 6.51. The van der Waals surface area contributed by atoms with Gasteiger partial charge >= 0.3 is 23.6 Å². The van der Waals surface area contributed by atoms with Crippen LogP contribution in [0.2, 0.25) is 10.0 Å². The number of benzene rings is 2. The fraction of sp³-hybridized carbons (Fsp3) is 0.680. The molecule has 4 aliphatic heterocycles. The van der Waals surface area contributed by atoms with E-state index in [1.165, 1.54) is 20.9 Å². The molecule has 388 valence electrons. The first-order valence-corrected chi connectivity index (χ1v) is 25.1. The molecular formula is C50H77Cl3N6O10. The van der Waals surface area contributed by atoms with E-state index in [4.69, 9.17) is 58.5 Å². The Morgan fingerprint density at radius 1 is 0.638 bits per heavy atom. The number of hydrogen-bond acceptors (Lipinski definition) is 12. The number of halogens is 3. The number of aliphatic hydroxyl groups excluding tert-OH is 1. The summed E-state index contributed by atoms with van der Waals surface area (Å²) in [5.74, 6) is 0. The highest BCUT2D eigenvalue weighted by atomic mass is 35.5. The van der Waals surface area contributed by atoms with Crippen LogP contribution < -0.4 is 0 Å². The van der Waals surface area contributed by atoms with Crippen molar-refractivity contribution in [1.29, 1.82) is 0 Å². The first-order chi connectivity index (χ1) is 32.4. The largest absolute Gasteiger partial charge is 0.447 e. The summed E-state index contributed by atoms with van der Waals surface area (Å²) < 4.78 is 28.4. The van der Waals surface area contributed by atoms with Gasteiger partial charge in [0.25, 0.3) is 0 Å². The van der Waals surface area contributed by atoms with Gasteiger partial charge in [-0.2, -0.15) is 0 Å². The normalized spacial score (nSPS) is 22.0. The quantitative estimate of drug-likeness (QED) is 0.146. The van der Waals surface area contributed by atoms with Gasteiger partial charge in [0.05, 0.1) is 25.9 Å². The zero-order valence-electron chi connectivity index (χ0n) is 42.3. The zero-order chi connectivity index (χ0) is 51.1. The van der Waals surface area contributed by atoms with Gasteiger partial charge in [-0.3, -0.25) is 14.6 Å². The predicted octanol–water partition coefficient (Wildman–Crippen LogP) is 8.30. The van der Waals surface area contributed by atoms with Crippen LogP contribution in [-0.4, -0.2) is 200 Å². The second-order valence-electron chi connectivity index (χ2n) is 20.5. The monoisotopic (exact) mass is 1030 g/mol. The SMILES string of the molecule is CC(C)(C)OC(=O)N1CCC(N2C[C@H](CO)OC[C@@H]2Cc2ccc(Cl)cc2)CC1.CN(C)C(=O)Cl.CN(C)C(=O)OC[C@H]1CN(C2CCN(C(=O)OC(C)(C)C)CC2)[C@@H](Cc2ccc(Cl)cc2)CO1. The molecule has 0 aliphatic carbocycles. The summed E-state index contributed by atoms with van der Waals surface area (Å²) in [6.45, 7) is 16.8. The van der Waals surface area contributed by atoms with Crippen LogP contribution in [-0.2, 0) is 36.5 Å². The third-order valence-electron chi connectivity index (χ3n) is 12.1. The molecule has 16 nitrogen and oxygen atoms in total. The fourth-order valence-corrected chi connectivity index (χ4v) is 8.76. The van der Waals surface area contributed by atoms with E-state index >= 15 is 0 Å². The molecule has 4 saturated heterocycles. The van der Waals surface area contributed by atoms with Crippen molar-refractivity contribution in [2.75, 3.05) is 93.9 Å².